The third kappa shape index (κ3) is 3.93. The van der Waals surface area contributed by atoms with Crippen molar-refractivity contribution in [3.63, 3.8) is 0 Å². The van der Waals surface area contributed by atoms with Crippen LogP contribution in [0.15, 0.2) is 29.8 Å². The first-order valence-electron chi connectivity index (χ1n) is 8.51. The second kappa shape index (κ2) is 8.12. The molecule has 0 aromatic carbocycles. The van der Waals surface area contributed by atoms with E-state index in [9.17, 15) is 14.7 Å². The molecule has 0 radical (unpaired) electrons. The number of carbonyl (C=O) groups is 2. The molecule has 1 amide bonds. The van der Waals surface area contributed by atoms with E-state index in [1.807, 2.05) is 31.4 Å². The molecule has 8 heteroatoms. The predicted octanol–water partition coefficient (Wildman–Crippen LogP) is 5.38. The number of hydrogen-bond donors (Lipinski definition) is 1. The van der Waals surface area contributed by atoms with Crippen molar-refractivity contribution in [3.05, 3.63) is 51.5 Å². The Hall–Kier alpha value is -2.71. The number of ketones is 1. The molecule has 3 rings (SSSR count). The number of Topliss-reactive ketones (excluding diaryl/α,β-unsaturated/α-hetero) is 1. The molecule has 0 bridgehead atoms. The highest BCUT2D eigenvalue weighted by Crippen LogP contribution is 2.36. The number of aryl methyl sites for hydroxylation is 1. The standard InChI is InChI=1S/C20H20N2O4S2/c1-11-8-21-15(12(2)19(11)26-4)9-22(20(24)25)18-7-14(10-27-18)17-6-5-16(28-17)13(3)23/h5-8,10H,9H2,1-4H3,(H,24,25). The van der Waals surface area contributed by atoms with Gasteiger partial charge in [-0.2, -0.15) is 0 Å². The Kier molecular flexibility index (Phi) is 5.81. The SMILES string of the molecule is COc1c(C)cnc(CN(C(=O)O)c2cc(-c3ccc(C(C)=O)s3)cs2)c1C. The monoisotopic (exact) mass is 416 g/mol. The van der Waals surface area contributed by atoms with E-state index in [4.69, 9.17) is 4.74 Å². The number of anilines is 1. The largest absolute Gasteiger partial charge is 0.496 e. The van der Waals surface area contributed by atoms with Crippen molar-refractivity contribution in [2.24, 2.45) is 0 Å². The molecule has 0 aliphatic heterocycles. The molecule has 0 saturated heterocycles. The second-order valence-corrected chi connectivity index (χ2v) is 8.28. The lowest BCUT2D eigenvalue weighted by molar-refractivity contribution is 0.102. The van der Waals surface area contributed by atoms with Crippen LogP contribution >= 0.6 is 22.7 Å². The molecule has 0 aliphatic rings. The second-order valence-electron chi connectivity index (χ2n) is 6.31. The number of pyridine rings is 1. The van der Waals surface area contributed by atoms with Gasteiger partial charge in [0.2, 0.25) is 0 Å². The normalized spacial score (nSPS) is 10.7. The van der Waals surface area contributed by atoms with Crippen molar-refractivity contribution in [3.8, 4) is 16.2 Å². The third-order valence-electron chi connectivity index (χ3n) is 4.38. The molecule has 0 fully saturated rings. The molecule has 1 N–H and O–H groups in total. The van der Waals surface area contributed by atoms with Crippen LogP contribution in [0.25, 0.3) is 10.4 Å². The van der Waals surface area contributed by atoms with Crippen LogP contribution in [0.5, 0.6) is 5.75 Å². The summed E-state index contributed by atoms with van der Waals surface area (Å²) in [5, 5.41) is 12.2. The van der Waals surface area contributed by atoms with Crippen LogP contribution in [-0.2, 0) is 6.54 Å². The highest BCUT2D eigenvalue weighted by atomic mass is 32.1. The fourth-order valence-electron chi connectivity index (χ4n) is 2.90. The van der Waals surface area contributed by atoms with Gasteiger partial charge in [-0.3, -0.25) is 14.7 Å². The average Bonchev–Trinajstić information content (AvgIpc) is 3.30. The number of carbonyl (C=O) groups excluding carboxylic acids is 1. The van der Waals surface area contributed by atoms with Crippen molar-refractivity contribution in [1.29, 1.82) is 0 Å². The first-order chi connectivity index (χ1) is 13.3. The summed E-state index contributed by atoms with van der Waals surface area (Å²) in [4.78, 5) is 30.7. The number of rotatable bonds is 6. The molecule has 0 unspecified atom stereocenters. The molecular formula is C20H20N2O4S2. The maximum absolute atomic E-state index is 11.9. The summed E-state index contributed by atoms with van der Waals surface area (Å²) in [5.41, 5.74) is 3.28. The number of hydrogen-bond acceptors (Lipinski definition) is 6. The predicted molar refractivity (Wildman–Crippen MR) is 112 cm³/mol. The Balaban J connectivity index is 1.91. The number of methoxy groups -OCH3 is 1. The average molecular weight is 417 g/mol. The van der Waals surface area contributed by atoms with E-state index in [2.05, 4.69) is 4.98 Å². The van der Waals surface area contributed by atoms with E-state index < -0.39 is 6.09 Å². The molecule has 0 saturated carbocycles. The minimum absolute atomic E-state index is 0.0220. The van der Waals surface area contributed by atoms with Crippen LogP contribution in [0, 0.1) is 13.8 Å². The molecule has 3 aromatic heterocycles. The van der Waals surface area contributed by atoms with E-state index in [1.54, 1.807) is 19.4 Å². The lowest BCUT2D eigenvalue weighted by atomic mass is 10.1. The number of aromatic nitrogens is 1. The van der Waals surface area contributed by atoms with Gasteiger partial charge in [0.05, 0.1) is 24.2 Å². The zero-order valence-electron chi connectivity index (χ0n) is 16.0. The summed E-state index contributed by atoms with van der Waals surface area (Å²) in [5.74, 6) is 0.742. The topological polar surface area (TPSA) is 79.7 Å². The Bertz CT molecular complexity index is 1040. The maximum Gasteiger partial charge on any atom is 0.412 e. The van der Waals surface area contributed by atoms with E-state index in [-0.39, 0.29) is 12.3 Å². The Morgan fingerprint density at radius 2 is 2.04 bits per heavy atom. The van der Waals surface area contributed by atoms with Gasteiger partial charge in [0.1, 0.15) is 10.8 Å². The molecule has 146 valence electrons. The van der Waals surface area contributed by atoms with Crippen LogP contribution < -0.4 is 9.64 Å². The molecule has 0 aliphatic carbocycles. The van der Waals surface area contributed by atoms with Gasteiger partial charge < -0.3 is 9.84 Å². The highest BCUT2D eigenvalue weighted by molar-refractivity contribution is 7.18. The molecular weight excluding hydrogens is 396 g/mol. The number of nitrogens with zero attached hydrogens (tertiary/aromatic N) is 2. The number of carboxylic acid groups (broad SMARTS) is 1. The molecule has 28 heavy (non-hydrogen) atoms. The molecule has 6 nitrogen and oxygen atoms in total. The summed E-state index contributed by atoms with van der Waals surface area (Å²) in [6.07, 6.45) is 0.639. The van der Waals surface area contributed by atoms with Crippen molar-refractivity contribution >= 4 is 39.6 Å². The summed E-state index contributed by atoms with van der Waals surface area (Å²) >= 11 is 2.75. The lowest BCUT2D eigenvalue weighted by Gasteiger charge is -2.19. The highest BCUT2D eigenvalue weighted by Gasteiger charge is 2.21. The van der Waals surface area contributed by atoms with Crippen LogP contribution in [-0.4, -0.2) is 29.1 Å². The number of thiophene rings is 2. The van der Waals surface area contributed by atoms with Crippen LogP contribution in [0.3, 0.4) is 0 Å². The molecule has 0 atom stereocenters. The fourth-order valence-corrected chi connectivity index (χ4v) is 4.77. The lowest BCUT2D eigenvalue weighted by Crippen LogP contribution is -2.28. The summed E-state index contributed by atoms with van der Waals surface area (Å²) in [7, 11) is 1.59. The molecule has 3 aromatic rings. The van der Waals surface area contributed by atoms with Crippen molar-refractivity contribution < 1.29 is 19.4 Å². The smallest absolute Gasteiger partial charge is 0.412 e. The van der Waals surface area contributed by atoms with Gasteiger partial charge in [-0.1, -0.05) is 0 Å². The van der Waals surface area contributed by atoms with Crippen molar-refractivity contribution in [1.82, 2.24) is 4.98 Å². The fraction of sp³-hybridized carbons (Fsp3) is 0.250. The van der Waals surface area contributed by atoms with Crippen LogP contribution in [0.2, 0.25) is 0 Å². The van der Waals surface area contributed by atoms with Gasteiger partial charge in [-0.25, -0.2) is 4.79 Å². The summed E-state index contributed by atoms with van der Waals surface area (Å²) in [6, 6.07) is 5.50. The Morgan fingerprint density at radius 3 is 2.64 bits per heavy atom. The van der Waals surface area contributed by atoms with Crippen LogP contribution in [0.4, 0.5) is 9.80 Å². The summed E-state index contributed by atoms with van der Waals surface area (Å²) in [6.45, 7) is 5.44. The van der Waals surface area contributed by atoms with Crippen molar-refractivity contribution in [2.75, 3.05) is 12.0 Å². The van der Waals surface area contributed by atoms with E-state index in [0.29, 0.717) is 15.6 Å². The third-order valence-corrected chi connectivity index (χ3v) is 6.56. The van der Waals surface area contributed by atoms with Gasteiger partial charge in [0.25, 0.3) is 0 Å². The van der Waals surface area contributed by atoms with Gasteiger partial charge >= 0.3 is 6.09 Å². The first-order valence-corrected chi connectivity index (χ1v) is 10.2. The minimum atomic E-state index is -1.05. The maximum atomic E-state index is 11.9. The zero-order valence-corrected chi connectivity index (χ0v) is 17.6. The van der Waals surface area contributed by atoms with Gasteiger partial charge in [0, 0.05) is 33.1 Å². The van der Waals surface area contributed by atoms with E-state index in [0.717, 1.165) is 27.3 Å². The number of ether oxygens (including phenoxy) is 1. The van der Waals surface area contributed by atoms with Crippen LogP contribution in [0.1, 0.15) is 33.4 Å². The van der Waals surface area contributed by atoms with E-state index >= 15 is 0 Å². The van der Waals surface area contributed by atoms with Gasteiger partial charge in [-0.15, -0.1) is 22.7 Å². The van der Waals surface area contributed by atoms with E-state index in [1.165, 1.54) is 34.5 Å². The first kappa shape index (κ1) is 20.0. The Morgan fingerprint density at radius 1 is 1.29 bits per heavy atom. The zero-order chi connectivity index (χ0) is 20.4. The Labute approximate surface area is 171 Å². The van der Waals surface area contributed by atoms with Crippen molar-refractivity contribution in [2.45, 2.75) is 27.3 Å². The molecule has 0 spiro atoms. The van der Waals surface area contributed by atoms with Gasteiger partial charge in [0.15, 0.2) is 5.78 Å². The summed E-state index contributed by atoms with van der Waals surface area (Å²) < 4.78 is 5.42. The molecule has 3 heterocycles. The minimum Gasteiger partial charge on any atom is -0.496 e. The number of amides is 1. The van der Waals surface area contributed by atoms with Gasteiger partial charge in [-0.05, 0) is 39.0 Å². The quantitative estimate of drug-likeness (QED) is 0.545.